The van der Waals surface area contributed by atoms with Gasteiger partial charge in [0.2, 0.25) is 0 Å². The number of carbonyl (C=O) groups is 2. The molecule has 1 aliphatic rings. The lowest BCUT2D eigenvalue weighted by atomic mass is 9.76. The minimum Gasteiger partial charge on any atom is -0.496 e. The highest BCUT2D eigenvalue weighted by atomic mass is 32.1. The number of ketones is 1. The Labute approximate surface area is 151 Å². The molecule has 0 aliphatic heterocycles. The summed E-state index contributed by atoms with van der Waals surface area (Å²) >= 11 is 1.56. The van der Waals surface area contributed by atoms with E-state index in [9.17, 15) is 9.59 Å². The molecule has 0 spiro atoms. The van der Waals surface area contributed by atoms with Crippen molar-refractivity contribution >= 4 is 28.7 Å². The maximum absolute atomic E-state index is 12.8. The summed E-state index contributed by atoms with van der Waals surface area (Å²) in [5, 5.41) is 1.96. The van der Waals surface area contributed by atoms with E-state index >= 15 is 0 Å². The maximum atomic E-state index is 12.8. The van der Waals surface area contributed by atoms with Crippen LogP contribution in [0.25, 0.3) is 5.57 Å². The number of hydrogen-bond donors (Lipinski definition) is 0. The molecule has 4 nitrogen and oxygen atoms in total. The Kier molecular flexibility index (Phi) is 5.34. The van der Waals surface area contributed by atoms with Gasteiger partial charge in [0.25, 0.3) is 0 Å². The summed E-state index contributed by atoms with van der Waals surface area (Å²) in [5.74, 6) is -0.917. The van der Waals surface area contributed by atoms with Gasteiger partial charge in [-0.3, -0.25) is 9.59 Å². The first-order valence-electron chi connectivity index (χ1n) is 8.23. The van der Waals surface area contributed by atoms with Crippen molar-refractivity contribution in [3.8, 4) is 5.75 Å². The summed E-state index contributed by atoms with van der Waals surface area (Å²) in [5.41, 5.74) is 1.78. The number of allylic oxidation sites excluding steroid dienone is 2. The second-order valence-corrected chi connectivity index (χ2v) is 6.81. The van der Waals surface area contributed by atoms with Crippen LogP contribution in [0.3, 0.4) is 0 Å². The number of rotatable bonds is 5. The molecule has 0 N–H and O–H groups in total. The first-order chi connectivity index (χ1) is 12.2. The minimum atomic E-state index is -0.781. The van der Waals surface area contributed by atoms with Gasteiger partial charge in [-0.05, 0) is 42.5 Å². The van der Waals surface area contributed by atoms with Crippen LogP contribution >= 0.6 is 11.3 Å². The maximum Gasteiger partial charge on any atom is 0.317 e. The molecule has 2 atom stereocenters. The van der Waals surface area contributed by atoms with Crippen molar-refractivity contribution in [2.24, 2.45) is 5.92 Å². The van der Waals surface area contributed by atoms with E-state index in [-0.39, 0.29) is 18.3 Å². The van der Waals surface area contributed by atoms with Gasteiger partial charge in [0.1, 0.15) is 11.7 Å². The van der Waals surface area contributed by atoms with Gasteiger partial charge in [0.05, 0.1) is 13.7 Å². The van der Waals surface area contributed by atoms with Crippen LogP contribution in [0.15, 0.2) is 47.9 Å². The zero-order valence-corrected chi connectivity index (χ0v) is 15.0. The molecule has 0 amide bonds. The molecular formula is C20H20O4S. The van der Waals surface area contributed by atoms with Crippen molar-refractivity contribution in [3.63, 3.8) is 0 Å². The summed E-state index contributed by atoms with van der Waals surface area (Å²) < 4.78 is 10.6. The Morgan fingerprint density at radius 1 is 1.24 bits per heavy atom. The summed E-state index contributed by atoms with van der Waals surface area (Å²) in [6.07, 6.45) is 2.17. The molecule has 0 saturated heterocycles. The van der Waals surface area contributed by atoms with Crippen LogP contribution in [0.5, 0.6) is 5.75 Å². The largest absolute Gasteiger partial charge is 0.496 e. The fraction of sp³-hybridized carbons (Fsp3) is 0.300. The summed E-state index contributed by atoms with van der Waals surface area (Å²) in [6, 6.07) is 11.5. The van der Waals surface area contributed by atoms with Crippen molar-refractivity contribution in [2.45, 2.75) is 19.3 Å². The Balaban J connectivity index is 2.02. The molecule has 3 rings (SSSR count). The Morgan fingerprint density at radius 3 is 2.72 bits per heavy atom. The van der Waals surface area contributed by atoms with Crippen LogP contribution in [-0.4, -0.2) is 25.5 Å². The summed E-state index contributed by atoms with van der Waals surface area (Å²) in [7, 11) is 1.61. The van der Waals surface area contributed by atoms with Crippen molar-refractivity contribution in [2.75, 3.05) is 13.7 Å². The summed E-state index contributed by atoms with van der Waals surface area (Å²) in [6.45, 7) is 2.02. The molecule has 0 unspecified atom stereocenters. The molecule has 25 heavy (non-hydrogen) atoms. The third-order valence-electron chi connectivity index (χ3n) is 4.37. The highest BCUT2D eigenvalue weighted by Gasteiger charge is 2.40. The van der Waals surface area contributed by atoms with Crippen LogP contribution in [-0.2, 0) is 14.3 Å². The lowest BCUT2D eigenvalue weighted by Crippen LogP contribution is -2.33. The molecular weight excluding hydrogens is 336 g/mol. The predicted molar refractivity (Wildman–Crippen MR) is 97.8 cm³/mol. The quantitative estimate of drug-likeness (QED) is 0.598. The SMILES string of the molecule is CCOC(=O)[C@@H]1C(=O)C=C(c2ccccc2OC)C[C@@H]1c1cccs1. The number of esters is 1. The first kappa shape index (κ1) is 17.4. The van der Waals surface area contributed by atoms with Gasteiger partial charge in [-0.25, -0.2) is 0 Å². The molecule has 1 heterocycles. The fourth-order valence-electron chi connectivity index (χ4n) is 3.25. The van der Waals surface area contributed by atoms with Crippen LogP contribution < -0.4 is 4.74 Å². The molecule has 130 valence electrons. The van der Waals surface area contributed by atoms with Crippen LogP contribution in [0.2, 0.25) is 0 Å². The molecule has 0 saturated carbocycles. The number of methoxy groups -OCH3 is 1. The molecule has 2 aromatic rings. The minimum absolute atomic E-state index is 0.205. The molecule has 0 fully saturated rings. The standard InChI is InChI=1S/C20H20O4S/c1-3-24-20(22)19-15(18-9-6-10-25-18)11-13(12-16(19)21)14-7-4-5-8-17(14)23-2/h4-10,12,15,19H,3,11H2,1-2H3/t15-,19+/m1/s1. The second kappa shape index (κ2) is 7.66. The van der Waals surface area contributed by atoms with Crippen LogP contribution in [0.4, 0.5) is 0 Å². The van der Waals surface area contributed by atoms with E-state index in [1.807, 2.05) is 41.8 Å². The van der Waals surface area contributed by atoms with Gasteiger partial charge in [-0.1, -0.05) is 24.3 Å². The lowest BCUT2D eigenvalue weighted by Gasteiger charge is -2.28. The number of hydrogen-bond acceptors (Lipinski definition) is 5. The van der Waals surface area contributed by atoms with Gasteiger partial charge < -0.3 is 9.47 Å². The van der Waals surface area contributed by atoms with Gasteiger partial charge in [0, 0.05) is 16.4 Å². The third kappa shape index (κ3) is 3.51. The zero-order chi connectivity index (χ0) is 17.8. The monoisotopic (exact) mass is 356 g/mol. The number of thiophene rings is 1. The highest BCUT2D eigenvalue weighted by molar-refractivity contribution is 7.10. The van der Waals surface area contributed by atoms with E-state index in [1.54, 1.807) is 31.4 Å². The molecule has 1 aromatic heterocycles. The molecule has 0 radical (unpaired) electrons. The van der Waals surface area contributed by atoms with Gasteiger partial charge in [-0.15, -0.1) is 11.3 Å². The predicted octanol–water partition coefficient (Wildman–Crippen LogP) is 4.08. The van der Waals surface area contributed by atoms with Crippen LogP contribution in [0, 0.1) is 5.92 Å². The van der Waals surface area contributed by atoms with E-state index in [0.717, 1.165) is 21.8 Å². The van der Waals surface area contributed by atoms with Crippen molar-refractivity contribution in [1.29, 1.82) is 0 Å². The Morgan fingerprint density at radius 2 is 2.04 bits per heavy atom. The molecule has 0 bridgehead atoms. The van der Waals surface area contributed by atoms with Crippen molar-refractivity contribution in [3.05, 3.63) is 58.3 Å². The summed E-state index contributed by atoms with van der Waals surface area (Å²) in [4.78, 5) is 26.2. The van der Waals surface area contributed by atoms with Crippen LogP contribution in [0.1, 0.15) is 29.7 Å². The fourth-order valence-corrected chi connectivity index (χ4v) is 4.12. The second-order valence-electron chi connectivity index (χ2n) is 5.83. The average Bonchev–Trinajstić information content (AvgIpc) is 3.15. The van der Waals surface area contributed by atoms with Gasteiger partial charge in [-0.2, -0.15) is 0 Å². The number of carbonyl (C=O) groups excluding carboxylic acids is 2. The van der Waals surface area contributed by atoms with E-state index in [1.165, 1.54) is 0 Å². The average molecular weight is 356 g/mol. The van der Waals surface area contributed by atoms with Gasteiger partial charge in [0.15, 0.2) is 5.78 Å². The molecule has 1 aliphatic carbocycles. The number of benzene rings is 1. The number of para-hydroxylation sites is 1. The zero-order valence-electron chi connectivity index (χ0n) is 14.2. The van der Waals surface area contributed by atoms with Gasteiger partial charge >= 0.3 is 5.97 Å². The lowest BCUT2D eigenvalue weighted by molar-refractivity contribution is -0.151. The topological polar surface area (TPSA) is 52.6 Å². The Hall–Kier alpha value is -2.40. The molecule has 5 heteroatoms. The smallest absolute Gasteiger partial charge is 0.317 e. The van der Waals surface area contributed by atoms with E-state index in [4.69, 9.17) is 9.47 Å². The van der Waals surface area contributed by atoms with E-state index in [0.29, 0.717) is 6.42 Å². The Bertz CT molecular complexity index is 792. The van der Waals surface area contributed by atoms with E-state index < -0.39 is 11.9 Å². The van der Waals surface area contributed by atoms with Crippen molar-refractivity contribution < 1.29 is 19.1 Å². The third-order valence-corrected chi connectivity index (χ3v) is 5.37. The molecule has 1 aromatic carbocycles. The number of ether oxygens (including phenoxy) is 2. The van der Waals surface area contributed by atoms with Crippen molar-refractivity contribution in [1.82, 2.24) is 0 Å². The van der Waals surface area contributed by atoms with E-state index in [2.05, 4.69) is 0 Å². The normalized spacial score (nSPS) is 20.1. The first-order valence-corrected chi connectivity index (χ1v) is 9.11. The highest BCUT2D eigenvalue weighted by Crippen LogP contribution is 2.43.